The zero-order valence-corrected chi connectivity index (χ0v) is 19.7. The lowest BCUT2D eigenvalue weighted by molar-refractivity contribution is 0.587. The Balaban J connectivity index is 1.56. The van der Waals surface area contributed by atoms with Crippen molar-refractivity contribution in [1.29, 1.82) is 0 Å². The Kier molecular flexibility index (Phi) is 11.1. The number of H-pyrrole nitrogens is 1. The van der Waals surface area contributed by atoms with Crippen LogP contribution in [-0.2, 0) is 20.5 Å². The van der Waals surface area contributed by atoms with E-state index in [9.17, 15) is 9.59 Å². The summed E-state index contributed by atoms with van der Waals surface area (Å²) in [5.74, 6) is 0.867. The molecule has 0 bridgehead atoms. The van der Waals surface area contributed by atoms with Gasteiger partial charge in [-0.25, -0.2) is 9.78 Å². The Bertz CT molecular complexity index is 962. The van der Waals surface area contributed by atoms with E-state index >= 15 is 0 Å². The number of nitrogens with one attached hydrogen (secondary N) is 1. The van der Waals surface area contributed by atoms with E-state index in [-0.39, 0.29) is 5.56 Å². The standard InChI is InChI=1S/C25H40N4O2/c1-4-5-6-7-8-9-10-11-12-13-14-15-16-17-18-19-20-21-26-23-22(28(21)2)24(30)27-25(31)29(23)3/h8-9,11-12H,4-7,10,13-20H2,1-3H3,(H,27,30,31). The van der Waals surface area contributed by atoms with Crippen molar-refractivity contribution >= 4 is 11.2 Å². The predicted octanol–water partition coefficient (Wildman–Crippen LogP) is 5.32. The van der Waals surface area contributed by atoms with Gasteiger partial charge in [-0.05, 0) is 38.5 Å². The molecule has 2 aromatic rings. The van der Waals surface area contributed by atoms with Crippen LogP contribution in [0.5, 0.6) is 0 Å². The minimum absolute atomic E-state index is 0.364. The van der Waals surface area contributed by atoms with E-state index in [0.29, 0.717) is 11.2 Å². The van der Waals surface area contributed by atoms with Gasteiger partial charge in [0.05, 0.1) is 0 Å². The number of imidazole rings is 1. The van der Waals surface area contributed by atoms with Crippen molar-refractivity contribution in [3.8, 4) is 0 Å². The van der Waals surface area contributed by atoms with Crippen LogP contribution in [0.2, 0.25) is 0 Å². The van der Waals surface area contributed by atoms with Crippen LogP contribution in [0.1, 0.15) is 89.8 Å². The zero-order valence-electron chi connectivity index (χ0n) is 19.7. The van der Waals surface area contributed by atoms with Gasteiger partial charge >= 0.3 is 5.69 Å². The number of hydrogen-bond acceptors (Lipinski definition) is 3. The molecular formula is C25H40N4O2. The van der Waals surface area contributed by atoms with Gasteiger partial charge in [0.25, 0.3) is 5.56 Å². The molecule has 31 heavy (non-hydrogen) atoms. The lowest BCUT2D eigenvalue weighted by Crippen LogP contribution is -2.29. The third-order valence-electron chi connectivity index (χ3n) is 5.83. The predicted molar refractivity (Wildman–Crippen MR) is 130 cm³/mol. The third kappa shape index (κ3) is 8.00. The van der Waals surface area contributed by atoms with Gasteiger partial charge in [0.15, 0.2) is 11.2 Å². The van der Waals surface area contributed by atoms with Crippen molar-refractivity contribution in [2.75, 3.05) is 0 Å². The van der Waals surface area contributed by atoms with Gasteiger partial charge in [-0.2, -0.15) is 0 Å². The minimum Gasteiger partial charge on any atom is -0.325 e. The summed E-state index contributed by atoms with van der Waals surface area (Å²) in [4.78, 5) is 30.7. The number of allylic oxidation sites excluding steroid dienone is 4. The van der Waals surface area contributed by atoms with Gasteiger partial charge in [0.1, 0.15) is 5.82 Å². The van der Waals surface area contributed by atoms with Crippen LogP contribution in [0, 0.1) is 0 Å². The highest BCUT2D eigenvalue weighted by Gasteiger charge is 2.14. The number of fused-ring (bicyclic) bond motifs is 1. The molecule has 0 saturated heterocycles. The van der Waals surface area contributed by atoms with E-state index < -0.39 is 5.69 Å². The summed E-state index contributed by atoms with van der Waals surface area (Å²) in [7, 11) is 3.48. The first-order valence-corrected chi connectivity index (χ1v) is 12.0. The van der Waals surface area contributed by atoms with Crippen molar-refractivity contribution < 1.29 is 0 Å². The second kappa shape index (κ2) is 13.8. The van der Waals surface area contributed by atoms with E-state index in [2.05, 4.69) is 41.2 Å². The maximum Gasteiger partial charge on any atom is 0.329 e. The van der Waals surface area contributed by atoms with Crippen LogP contribution in [0.15, 0.2) is 33.9 Å². The second-order valence-corrected chi connectivity index (χ2v) is 8.41. The Labute approximate surface area is 186 Å². The smallest absolute Gasteiger partial charge is 0.325 e. The quantitative estimate of drug-likeness (QED) is 0.308. The fourth-order valence-electron chi connectivity index (χ4n) is 3.85. The first-order chi connectivity index (χ1) is 15.1. The number of rotatable bonds is 15. The summed E-state index contributed by atoms with van der Waals surface area (Å²) < 4.78 is 3.22. The maximum absolute atomic E-state index is 12.1. The number of aryl methyl sites for hydroxylation is 3. The van der Waals surface area contributed by atoms with Crippen LogP contribution in [-0.4, -0.2) is 19.1 Å². The monoisotopic (exact) mass is 428 g/mol. The molecule has 2 heterocycles. The summed E-state index contributed by atoms with van der Waals surface area (Å²) in [5, 5.41) is 0. The maximum atomic E-state index is 12.1. The molecular weight excluding hydrogens is 388 g/mol. The van der Waals surface area contributed by atoms with E-state index in [4.69, 9.17) is 0 Å². The number of aromatic amines is 1. The van der Waals surface area contributed by atoms with Gasteiger partial charge < -0.3 is 4.57 Å². The molecule has 0 aliphatic rings. The Morgan fingerprint density at radius 3 is 2.10 bits per heavy atom. The van der Waals surface area contributed by atoms with Crippen LogP contribution < -0.4 is 11.2 Å². The lowest BCUT2D eigenvalue weighted by atomic mass is 10.1. The minimum atomic E-state index is -0.420. The van der Waals surface area contributed by atoms with Gasteiger partial charge in [-0.15, -0.1) is 0 Å². The van der Waals surface area contributed by atoms with Gasteiger partial charge in [-0.1, -0.05) is 69.8 Å². The number of hydrogen-bond donors (Lipinski definition) is 1. The molecule has 0 aliphatic heterocycles. The largest absolute Gasteiger partial charge is 0.329 e. The summed E-state index contributed by atoms with van der Waals surface area (Å²) in [6.45, 7) is 2.24. The molecule has 0 fully saturated rings. The molecule has 0 spiro atoms. The summed E-state index contributed by atoms with van der Waals surface area (Å²) in [6.07, 6.45) is 24.7. The lowest BCUT2D eigenvalue weighted by Gasteiger charge is -2.02. The van der Waals surface area contributed by atoms with Gasteiger partial charge in [0.2, 0.25) is 0 Å². The fraction of sp³-hybridized carbons (Fsp3) is 0.640. The molecule has 0 unspecified atom stereocenters. The molecule has 172 valence electrons. The molecule has 0 amide bonds. The molecule has 1 N–H and O–H groups in total. The first-order valence-electron chi connectivity index (χ1n) is 12.0. The highest BCUT2D eigenvalue weighted by molar-refractivity contribution is 5.70. The molecule has 6 nitrogen and oxygen atoms in total. The van der Waals surface area contributed by atoms with E-state index in [1.807, 2.05) is 11.6 Å². The number of unbranched alkanes of at least 4 members (excludes halogenated alkanes) is 9. The molecule has 0 aliphatic carbocycles. The van der Waals surface area contributed by atoms with E-state index in [0.717, 1.165) is 31.5 Å². The SMILES string of the molecule is CCCCCC=CCC=CCCCCCCCCc1nc2c(c(=O)[nH]c(=O)n2C)n1C. The average Bonchev–Trinajstić information content (AvgIpc) is 3.08. The fourth-order valence-corrected chi connectivity index (χ4v) is 3.85. The Hall–Kier alpha value is -2.37. The van der Waals surface area contributed by atoms with Gasteiger partial charge in [0, 0.05) is 20.5 Å². The Morgan fingerprint density at radius 2 is 1.42 bits per heavy atom. The molecule has 6 heteroatoms. The highest BCUT2D eigenvalue weighted by Crippen LogP contribution is 2.13. The molecule has 0 atom stereocenters. The van der Waals surface area contributed by atoms with Gasteiger partial charge in [-0.3, -0.25) is 14.3 Å². The average molecular weight is 429 g/mol. The van der Waals surface area contributed by atoms with Crippen molar-refractivity contribution in [1.82, 2.24) is 19.1 Å². The first kappa shape index (κ1) is 24.9. The van der Waals surface area contributed by atoms with Crippen LogP contribution in [0.3, 0.4) is 0 Å². The summed E-state index contributed by atoms with van der Waals surface area (Å²) in [6, 6.07) is 0. The van der Waals surface area contributed by atoms with Crippen molar-refractivity contribution in [3.63, 3.8) is 0 Å². The molecule has 2 rings (SSSR count). The van der Waals surface area contributed by atoms with Crippen molar-refractivity contribution in [2.24, 2.45) is 14.1 Å². The summed E-state index contributed by atoms with van der Waals surface area (Å²) >= 11 is 0. The highest BCUT2D eigenvalue weighted by atomic mass is 16.2. The third-order valence-corrected chi connectivity index (χ3v) is 5.83. The van der Waals surface area contributed by atoms with Crippen molar-refractivity contribution in [2.45, 2.75) is 90.4 Å². The van der Waals surface area contributed by atoms with Crippen LogP contribution in [0.25, 0.3) is 11.2 Å². The normalized spacial score (nSPS) is 12.1. The molecule has 2 aromatic heterocycles. The number of nitrogens with zero attached hydrogens (tertiary/aromatic N) is 3. The Morgan fingerprint density at radius 1 is 0.806 bits per heavy atom. The van der Waals surface area contributed by atoms with Crippen molar-refractivity contribution in [3.05, 3.63) is 51.0 Å². The molecule has 0 radical (unpaired) electrons. The van der Waals surface area contributed by atoms with E-state index in [1.54, 1.807) is 7.05 Å². The molecule has 0 aromatic carbocycles. The topological polar surface area (TPSA) is 72.7 Å². The summed E-state index contributed by atoms with van der Waals surface area (Å²) in [5.41, 5.74) is 0.149. The van der Waals surface area contributed by atoms with Crippen LogP contribution >= 0.6 is 0 Å². The van der Waals surface area contributed by atoms with Crippen LogP contribution in [0.4, 0.5) is 0 Å². The molecule has 0 saturated carbocycles. The van der Waals surface area contributed by atoms with E-state index in [1.165, 1.54) is 62.4 Å². The second-order valence-electron chi connectivity index (χ2n) is 8.41. The number of aromatic nitrogens is 4. The zero-order chi connectivity index (χ0) is 22.5.